The Balaban J connectivity index is 1.39. The van der Waals surface area contributed by atoms with Gasteiger partial charge >= 0.3 is 0 Å². The summed E-state index contributed by atoms with van der Waals surface area (Å²) in [6.07, 6.45) is 5.89. The highest BCUT2D eigenvalue weighted by Gasteiger charge is 2.27. The maximum Gasteiger partial charge on any atom is 0.259 e. The van der Waals surface area contributed by atoms with Gasteiger partial charge in [0.15, 0.2) is 0 Å². The number of aromatic nitrogens is 3. The number of H-pyrrole nitrogens is 1. The van der Waals surface area contributed by atoms with E-state index in [0.29, 0.717) is 49.8 Å². The van der Waals surface area contributed by atoms with Crippen molar-refractivity contribution in [3.05, 3.63) is 39.8 Å². The van der Waals surface area contributed by atoms with E-state index in [1.54, 1.807) is 6.20 Å². The van der Waals surface area contributed by atoms with Crippen molar-refractivity contribution in [2.45, 2.75) is 52.2 Å². The standard InChI is InChI=1S/C25H32N4O4/c1-3-32-10-11-33-18-6-8-28(9-7-18)25(31)19-13-20-22(12-16(19)2)27-24(30)21-14-26-29(23(20)21)15-17-4-5-17/h12-14,17-18H,3-11,15H2,1-2H3,(H,27,30). The number of carbonyl (C=O) groups excluding carboxylic acids is 1. The minimum atomic E-state index is -0.135. The lowest BCUT2D eigenvalue weighted by Crippen LogP contribution is -2.41. The van der Waals surface area contributed by atoms with Gasteiger partial charge in [-0.3, -0.25) is 14.3 Å². The fourth-order valence-electron chi connectivity index (χ4n) is 4.76. The lowest BCUT2D eigenvalue weighted by Gasteiger charge is -2.32. The number of nitrogens with one attached hydrogen (secondary N) is 1. The van der Waals surface area contributed by atoms with Crippen LogP contribution in [0.4, 0.5) is 0 Å². The predicted octanol–water partition coefficient (Wildman–Crippen LogP) is 3.25. The summed E-state index contributed by atoms with van der Waals surface area (Å²) in [6, 6.07) is 3.86. The van der Waals surface area contributed by atoms with Crippen LogP contribution in [0.2, 0.25) is 0 Å². The van der Waals surface area contributed by atoms with Crippen LogP contribution >= 0.6 is 0 Å². The zero-order chi connectivity index (χ0) is 22.9. The van der Waals surface area contributed by atoms with E-state index in [2.05, 4.69) is 10.1 Å². The molecule has 8 nitrogen and oxygen atoms in total. The summed E-state index contributed by atoms with van der Waals surface area (Å²) in [5.74, 6) is 0.667. The van der Waals surface area contributed by atoms with Gasteiger partial charge < -0.3 is 19.4 Å². The molecule has 0 spiro atoms. The number of ether oxygens (including phenoxy) is 2. The molecular weight excluding hydrogens is 420 g/mol. The number of hydrogen-bond acceptors (Lipinski definition) is 5. The number of fused-ring (bicyclic) bond motifs is 3. The maximum atomic E-state index is 13.5. The molecule has 1 aliphatic carbocycles. The molecule has 0 atom stereocenters. The van der Waals surface area contributed by atoms with Crippen LogP contribution in [0.3, 0.4) is 0 Å². The molecule has 8 heteroatoms. The third-order valence-electron chi connectivity index (χ3n) is 6.82. The molecule has 33 heavy (non-hydrogen) atoms. The third kappa shape index (κ3) is 4.54. The molecular formula is C25H32N4O4. The smallest absolute Gasteiger partial charge is 0.259 e. The van der Waals surface area contributed by atoms with Crippen molar-refractivity contribution in [1.82, 2.24) is 19.7 Å². The highest BCUT2D eigenvalue weighted by Crippen LogP contribution is 2.33. The van der Waals surface area contributed by atoms with E-state index in [9.17, 15) is 9.59 Å². The molecule has 1 aliphatic heterocycles. The number of pyridine rings is 1. The fraction of sp³-hybridized carbons (Fsp3) is 0.560. The molecule has 1 aromatic carbocycles. The van der Waals surface area contributed by atoms with Gasteiger partial charge in [0.2, 0.25) is 0 Å². The Morgan fingerprint density at radius 2 is 1.94 bits per heavy atom. The summed E-state index contributed by atoms with van der Waals surface area (Å²) in [6.45, 7) is 7.98. The van der Waals surface area contributed by atoms with Gasteiger partial charge in [-0.2, -0.15) is 5.10 Å². The van der Waals surface area contributed by atoms with Crippen molar-refractivity contribution < 1.29 is 14.3 Å². The van der Waals surface area contributed by atoms with Gasteiger partial charge in [0.25, 0.3) is 11.5 Å². The van der Waals surface area contributed by atoms with E-state index in [1.807, 2.05) is 35.6 Å². The molecule has 1 amide bonds. The second-order valence-electron chi connectivity index (χ2n) is 9.26. The van der Waals surface area contributed by atoms with E-state index in [4.69, 9.17) is 9.47 Å². The molecule has 5 rings (SSSR count). The minimum absolute atomic E-state index is 0.0368. The number of amides is 1. The molecule has 3 aromatic rings. The van der Waals surface area contributed by atoms with Crippen LogP contribution in [0, 0.1) is 12.8 Å². The van der Waals surface area contributed by atoms with Crippen LogP contribution in [0.1, 0.15) is 48.5 Å². The quantitative estimate of drug-likeness (QED) is 0.530. The topological polar surface area (TPSA) is 89.4 Å². The van der Waals surface area contributed by atoms with Gasteiger partial charge in [-0.1, -0.05) is 0 Å². The SMILES string of the molecule is CCOCCOC1CCN(C(=O)c2cc3c(cc2C)[nH]c(=O)c2cnn(CC4CC4)c23)CC1. The van der Waals surface area contributed by atoms with Crippen molar-refractivity contribution in [3.8, 4) is 0 Å². The van der Waals surface area contributed by atoms with E-state index >= 15 is 0 Å². The van der Waals surface area contributed by atoms with Gasteiger partial charge in [-0.25, -0.2) is 0 Å². The molecule has 1 saturated carbocycles. The Kier molecular flexibility index (Phi) is 6.21. The summed E-state index contributed by atoms with van der Waals surface area (Å²) >= 11 is 0. The van der Waals surface area contributed by atoms with Crippen molar-refractivity contribution in [1.29, 1.82) is 0 Å². The maximum absolute atomic E-state index is 13.5. The lowest BCUT2D eigenvalue weighted by atomic mass is 10.0. The van der Waals surface area contributed by atoms with Gasteiger partial charge in [-0.15, -0.1) is 0 Å². The molecule has 0 unspecified atom stereocenters. The molecule has 1 N–H and O–H groups in total. The number of piperidine rings is 1. The van der Waals surface area contributed by atoms with Crippen LogP contribution in [0.15, 0.2) is 23.1 Å². The molecule has 0 radical (unpaired) electrons. The van der Waals surface area contributed by atoms with E-state index in [1.165, 1.54) is 12.8 Å². The first-order chi connectivity index (χ1) is 16.0. The zero-order valence-electron chi connectivity index (χ0n) is 19.4. The molecule has 3 heterocycles. The Hall–Kier alpha value is -2.71. The van der Waals surface area contributed by atoms with Crippen molar-refractivity contribution >= 4 is 27.7 Å². The van der Waals surface area contributed by atoms with Gasteiger partial charge in [-0.05, 0) is 63.1 Å². The minimum Gasteiger partial charge on any atom is -0.379 e. The van der Waals surface area contributed by atoms with Crippen LogP contribution < -0.4 is 5.56 Å². The molecule has 2 fully saturated rings. The highest BCUT2D eigenvalue weighted by atomic mass is 16.5. The van der Waals surface area contributed by atoms with E-state index in [-0.39, 0.29) is 17.6 Å². The first kappa shape index (κ1) is 22.1. The van der Waals surface area contributed by atoms with Crippen LogP contribution in [-0.2, 0) is 16.0 Å². The third-order valence-corrected chi connectivity index (χ3v) is 6.82. The molecule has 176 valence electrons. The summed E-state index contributed by atoms with van der Waals surface area (Å²) in [7, 11) is 0. The first-order valence-corrected chi connectivity index (χ1v) is 12.1. The first-order valence-electron chi connectivity index (χ1n) is 12.1. The van der Waals surface area contributed by atoms with Gasteiger partial charge in [0.1, 0.15) is 0 Å². The summed E-state index contributed by atoms with van der Waals surface area (Å²) < 4.78 is 13.2. The number of aryl methyl sites for hydroxylation is 1. The average molecular weight is 453 g/mol. The number of likely N-dealkylation sites (tertiary alicyclic amines) is 1. The zero-order valence-corrected chi connectivity index (χ0v) is 19.4. The van der Waals surface area contributed by atoms with Crippen molar-refractivity contribution in [3.63, 3.8) is 0 Å². The van der Waals surface area contributed by atoms with Gasteiger partial charge in [0, 0.05) is 37.2 Å². The van der Waals surface area contributed by atoms with Crippen LogP contribution in [-0.4, -0.2) is 64.6 Å². The highest BCUT2D eigenvalue weighted by molar-refractivity contribution is 6.07. The number of nitrogens with zero attached hydrogens (tertiary/aromatic N) is 3. The van der Waals surface area contributed by atoms with Crippen molar-refractivity contribution in [2.24, 2.45) is 5.92 Å². The molecule has 1 saturated heterocycles. The second kappa shape index (κ2) is 9.27. The predicted molar refractivity (Wildman–Crippen MR) is 127 cm³/mol. The van der Waals surface area contributed by atoms with Crippen molar-refractivity contribution in [2.75, 3.05) is 32.9 Å². The second-order valence-corrected chi connectivity index (χ2v) is 9.26. The Morgan fingerprint density at radius 1 is 1.15 bits per heavy atom. The normalized spacial score (nSPS) is 17.3. The number of carbonyl (C=O) groups is 1. The number of hydrogen-bond donors (Lipinski definition) is 1. The Labute approximate surface area is 192 Å². The van der Waals surface area contributed by atoms with Crippen LogP contribution in [0.25, 0.3) is 21.8 Å². The summed E-state index contributed by atoms with van der Waals surface area (Å²) in [5, 5.41) is 5.96. The average Bonchev–Trinajstić information content (AvgIpc) is 3.53. The molecule has 2 aliphatic rings. The number of aromatic amines is 1. The van der Waals surface area contributed by atoms with E-state index < -0.39 is 0 Å². The Bertz CT molecular complexity index is 1220. The van der Waals surface area contributed by atoms with E-state index in [0.717, 1.165) is 41.4 Å². The number of rotatable bonds is 8. The lowest BCUT2D eigenvalue weighted by molar-refractivity contribution is -0.0182. The molecule has 0 bridgehead atoms. The summed E-state index contributed by atoms with van der Waals surface area (Å²) in [5.41, 5.74) is 3.00. The van der Waals surface area contributed by atoms with Gasteiger partial charge in [0.05, 0.1) is 41.9 Å². The number of benzene rings is 1. The monoisotopic (exact) mass is 452 g/mol. The largest absolute Gasteiger partial charge is 0.379 e. The van der Waals surface area contributed by atoms with Crippen LogP contribution in [0.5, 0.6) is 0 Å². The molecule has 2 aromatic heterocycles. The summed E-state index contributed by atoms with van der Waals surface area (Å²) in [4.78, 5) is 31.0. The Morgan fingerprint density at radius 3 is 2.67 bits per heavy atom. The fourth-order valence-corrected chi connectivity index (χ4v) is 4.76.